The van der Waals surface area contributed by atoms with Crippen molar-refractivity contribution in [1.82, 2.24) is 0 Å². The van der Waals surface area contributed by atoms with Crippen molar-refractivity contribution < 1.29 is 14.0 Å². The van der Waals surface area contributed by atoms with Crippen molar-refractivity contribution >= 4 is 14.6 Å². The maximum Gasteiger partial charge on any atom is 0.330 e. The molecule has 0 saturated heterocycles. The van der Waals surface area contributed by atoms with E-state index in [4.69, 9.17) is 4.74 Å². The van der Waals surface area contributed by atoms with E-state index in [0.29, 0.717) is 0 Å². The topological polar surface area (TPSA) is 26.3 Å². The third-order valence-electron chi connectivity index (χ3n) is 2.80. The van der Waals surface area contributed by atoms with E-state index < -0.39 is 0 Å². The summed E-state index contributed by atoms with van der Waals surface area (Å²) in [6.07, 6.45) is 8.86. The Morgan fingerprint density at radius 3 is 2.58 bits per heavy atom. The van der Waals surface area contributed by atoms with E-state index in [1.54, 1.807) is 6.08 Å². The number of quaternary nitrogens is 1. The lowest BCUT2D eigenvalue weighted by atomic mass is 10.2. The summed E-state index contributed by atoms with van der Waals surface area (Å²) in [6, 6.07) is 0. The molecule has 2 atom stereocenters. The molecule has 0 aromatic carbocycles. The van der Waals surface area contributed by atoms with Crippen molar-refractivity contribution in [2.45, 2.75) is 39.2 Å². The Bertz CT molecular complexity index is 272. The van der Waals surface area contributed by atoms with Gasteiger partial charge in [-0.25, -0.2) is 4.79 Å². The Kier molecular flexibility index (Phi) is 10.2. The Morgan fingerprint density at radius 1 is 1.37 bits per heavy atom. The monoisotopic (exact) mass is 288 g/mol. The zero-order valence-electron chi connectivity index (χ0n) is 13.2. The number of hydrogen-bond acceptors (Lipinski definition) is 2. The number of rotatable bonds is 10. The molecule has 0 aliphatic heterocycles. The van der Waals surface area contributed by atoms with Crippen LogP contribution in [0, 0.1) is 0 Å². The molecular weight excluding hydrogens is 257 g/mol. The van der Waals surface area contributed by atoms with Gasteiger partial charge in [0.1, 0.15) is 6.10 Å². The highest BCUT2D eigenvalue weighted by Crippen LogP contribution is 2.18. The van der Waals surface area contributed by atoms with Crippen LogP contribution in [0.2, 0.25) is 0 Å². The van der Waals surface area contributed by atoms with Gasteiger partial charge in [-0.3, -0.25) is 0 Å². The van der Waals surface area contributed by atoms with Gasteiger partial charge in [0.25, 0.3) is 0 Å². The highest BCUT2D eigenvalue weighted by molar-refractivity contribution is 7.38. The van der Waals surface area contributed by atoms with E-state index in [2.05, 4.69) is 28.1 Å². The first-order valence-corrected chi connectivity index (χ1v) is 8.65. The summed E-state index contributed by atoms with van der Waals surface area (Å²) in [5.74, 6) is -0.194. The summed E-state index contributed by atoms with van der Waals surface area (Å²) in [7, 11) is 7.52. The normalized spacial score (nSPS) is 14.4. The first-order chi connectivity index (χ1) is 8.89. The summed E-state index contributed by atoms with van der Waals surface area (Å²) < 4.78 is 6.51. The lowest BCUT2D eigenvalue weighted by Gasteiger charge is -2.24. The summed E-state index contributed by atoms with van der Waals surface area (Å²) in [6.45, 7) is 5.19. The molecule has 0 aromatic heterocycles. The fourth-order valence-electron chi connectivity index (χ4n) is 1.65. The lowest BCUT2D eigenvalue weighted by Crippen LogP contribution is -2.36. The van der Waals surface area contributed by atoms with Gasteiger partial charge in [-0.1, -0.05) is 25.8 Å². The molecule has 0 saturated carbocycles. The van der Waals surface area contributed by atoms with Crippen molar-refractivity contribution in [1.29, 1.82) is 0 Å². The van der Waals surface area contributed by atoms with Crippen LogP contribution >= 0.6 is 8.58 Å². The number of hydrogen-bond donors (Lipinski definition) is 0. The first kappa shape index (κ1) is 18.6. The standard InChI is InChI=1S/C15H31NO2P/c1-6-8-10-14(18-15(17)9-7-2)13-19-12-11-16(3,4)5/h7,9,14,19H,6,8,10-13H2,1-5H3/q+1. The van der Waals surface area contributed by atoms with E-state index >= 15 is 0 Å². The second kappa shape index (κ2) is 10.4. The molecule has 4 heteroatoms. The third kappa shape index (κ3) is 12.4. The van der Waals surface area contributed by atoms with Crippen molar-refractivity contribution in [2.24, 2.45) is 0 Å². The largest absolute Gasteiger partial charge is 0.459 e. The van der Waals surface area contributed by atoms with Gasteiger partial charge in [0.2, 0.25) is 0 Å². The lowest BCUT2D eigenvalue weighted by molar-refractivity contribution is -0.867. The van der Waals surface area contributed by atoms with E-state index in [1.807, 2.05) is 6.92 Å². The molecule has 0 aromatic rings. The molecule has 3 nitrogen and oxygen atoms in total. The molecule has 19 heavy (non-hydrogen) atoms. The summed E-state index contributed by atoms with van der Waals surface area (Å²) in [4.78, 5) is 11.5. The van der Waals surface area contributed by atoms with Crippen molar-refractivity contribution in [3.8, 4) is 0 Å². The van der Waals surface area contributed by atoms with Crippen LogP contribution in [0.3, 0.4) is 0 Å². The van der Waals surface area contributed by atoms with Crippen LogP contribution in [0.25, 0.3) is 0 Å². The number of nitrogens with zero attached hydrogens (tertiary/aromatic N) is 1. The maximum atomic E-state index is 11.5. The molecule has 0 aliphatic carbocycles. The van der Waals surface area contributed by atoms with Crippen LogP contribution in [0.4, 0.5) is 0 Å². The van der Waals surface area contributed by atoms with Gasteiger partial charge in [0.05, 0.1) is 27.7 Å². The Hall–Kier alpha value is -0.400. The van der Waals surface area contributed by atoms with Crippen LogP contribution < -0.4 is 0 Å². The minimum atomic E-state index is -0.194. The zero-order chi connectivity index (χ0) is 14.7. The fourth-order valence-corrected chi connectivity index (χ4v) is 3.29. The van der Waals surface area contributed by atoms with Gasteiger partial charge in [-0.05, 0) is 13.3 Å². The Morgan fingerprint density at radius 2 is 2.05 bits per heavy atom. The molecule has 0 bridgehead atoms. The Labute approximate surface area is 120 Å². The van der Waals surface area contributed by atoms with Gasteiger partial charge in [-0.15, -0.1) is 8.58 Å². The molecule has 0 amide bonds. The van der Waals surface area contributed by atoms with Crippen molar-refractivity contribution in [3.05, 3.63) is 12.2 Å². The van der Waals surface area contributed by atoms with Crippen LogP contribution in [0.1, 0.15) is 33.1 Å². The number of unbranched alkanes of at least 4 members (excludes halogenated alkanes) is 1. The number of esters is 1. The van der Waals surface area contributed by atoms with Gasteiger partial charge < -0.3 is 9.22 Å². The number of carbonyl (C=O) groups is 1. The predicted octanol–water partition coefficient (Wildman–Crippen LogP) is 3.05. The van der Waals surface area contributed by atoms with Crippen molar-refractivity contribution in [2.75, 3.05) is 40.0 Å². The van der Waals surface area contributed by atoms with Crippen LogP contribution in [-0.4, -0.2) is 56.6 Å². The molecule has 0 rings (SSSR count). The van der Waals surface area contributed by atoms with E-state index in [1.165, 1.54) is 18.8 Å². The van der Waals surface area contributed by atoms with Gasteiger partial charge >= 0.3 is 5.97 Å². The molecule has 0 heterocycles. The van der Waals surface area contributed by atoms with E-state index in [9.17, 15) is 4.79 Å². The summed E-state index contributed by atoms with van der Waals surface area (Å²) in [5, 5.41) is 0. The van der Waals surface area contributed by atoms with Gasteiger partial charge in [0, 0.05) is 18.4 Å². The fraction of sp³-hybridized carbons (Fsp3) is 0.800. The minimum Gasteiger partial charge on any atom is -0.459 e. The predicted molar refractivity (Wildman–Crippen MR) is 85.2 cm³/mol. The first-order valence-electron chi connectivity index (χ1n) is 7.23. The van der Waals surface area contributed by atoms with E-state index in [0.717, 1.165) is 38.5 Å². The molecular formula is C15H31NO2P+. The quantitative estimate of drug-likeness (QED) is 0.203. The van der Waals surface area contributed by atoms with Crippen LogP contribution in [0.15, 0.2) is 12.2 Å². The zero-order valence-corrected chi connectivity index (χ0v) is 14.2. The average molecular weight is 288 g/mol. The highest BCUT2D eigenvalue weighted by Gasteiger charge is 2.13. The highest BCUT2D eigenvalue weighted by atomic mass is 31.1. The van der Waals surface area contributed by atoms with Gasteiger partial charge in [0.15, 0.2) is 0 Å². The molecule has 2 unspecified atom stereocenters. The van der Waals surface area contributed by atoms with Crippen LogP contribution in [0.5, 0.6) is 0 Å². The summed E-state index contributed by atoms with van der Waals surface area (Å²) >= 11 is 0. The molecule has 0 fully saturated rings. The third-order valence-corrected chi connectivity index (χ3v) is 4.12. The molecule has 0 radical (unpaired) electrons. The van der Waals surface area contributed by atoms with Crippen LogP contribution in [-0.2, 0) is 9.53 Å². The number of carbonyl (C=O) groups excluding carboxylic acids is 1. The number of ether oxygens (including phenoxy) is 1. The van der Waals surface area contributed by atoms with Gasteiger partial charge in [-0.2, -0.15) is 0 Å². The van der Waals surface area contributed by atoms with E-state index in [-0.39, 0.29) is 12.1 Å². The molecule has 0 aliphatic rings. The van der Waals surface area contributed by atoms with Crippen molar-refractivity contribution in [3.63, 3.8) is 0 Å². The smallest absolute Gasteiger partial charge is 0.330 e. The SMILES string of the molecule is CC=CC(=O)OC(CCCC)CPCC[N+](C)(C)C. The molecule has 0 N–H and O–H groups in total. The number of allylic oxidation sites excluding steroid dienone is 1. The Balaban J connectivity index is 4.02. The molecule has 0 spiro atoms. The maximum absolute atomic E-state index is 11.5. The average Bonchev–Trinajstić information content (AvgIpc) is 2.30. The second-order valence-corrected chi connectivity index (χ2v) is 7.33. The second-order valence-electron chi connectivity index (χ2n) is 5.92. The minimum absolute atomic E-state index is 0.106. The molecule has 112 valence electrons. The summed E-state index contributed by atoms with van der Waals surface area (Å²) in [5.41, 5.74) is 0.